The number of nitrogens with zero attached hydrogens (tertiary/aromatic N) is 2. The Hall–Kier alpha value is -4.64. The number of imidazole rings is 1. The molecule has 5 rings (SSSR count). The van der Waals surface area contributed by atoms with E-state index in [1.54, 1.807) is 12.5 Å². The lowest BCUT2D eigenvalue weighted by atomic mass is 10.0. The van der Waals surface area contributed by atoms with E-state index in [2.05, 4.69) is 34.6 Å². The molecule has 0 bridgehead atoms. The molecule has 5 nitrogen and oxygen atoms in total. The lowest BCUT2D eigenvalue weighted by molar-refractivity contribution is 0.0931. The summed E-state index contributed by atoms with van der Waals surface area (Å²) in [5.74, 6) is 1.45. The highest BCUT2D eigenvalue weighted by Gasteiger charge is 2.16. The van der Waals surface area contributed by atoms with Gasteiger partial charge >= 0.3 is 0 Å². The molecule has 1 N–H and O–H groups in total. The number of aromatic nitrogens is 2. The van der Waals surface area contributed by atoms with Gasteiger partial charge in [0.25, 0.3) is 5.91 Å². The van der Waals surface area contributed by atoms with E-state index in [0.717, 1.165) is 41.2 Å². The van der Waals surface area contributed by atoms with Crippen LogP contribution in [0.15, 0.2) is 122 Å². The first-order valence-corrected chi connectivity index (χ1v) is 12.5. The van der Waals surface area contributed by atoms with E-state index >= 15 is 0 Å². The van der Waals surface area contributed by atoms with Gasteiger partial charge in [0.15, 0.2) is 0 Å². The fraction of sp³-hybridized carbons (Fsp3) is 0.125. The Morgan fingerprint density at radius 3 is 2.30 bits per heavy atom. The summed E-state index contributed by atoms with van der Waals surface area (Å²) in [6.45, 7) is 2.04. The van der Waals surface area contributed by atoms with E-state index in [-0.39, 0.29) is 11.9 Å². The zero-order chi connectivity index (χ0) is 25.5. The number of carbonyl (C=O) groups is 1. The number of hydrogen-bond donors (Lipinski definition) is 1. The number of benzene rings is 4. The third-order valence-electron chi connectivity index (χ3n) is 6.25. The third kappa shape index (κ3) is 6.14. The molecule has 1 heterocycles. The average molecular weight is 488 g/mol. The summed E-state index contributed by atoms with van der Waals surface area (Å²) < 4.78 is 7.74. The van der Waals surface area contributed by atoms with Crippen LogP contribution in [0.1, 0.15) is 29.4 Å². The van der Waals surface area contributed by atoms with Crippen molar-refractivity contribution in [3.05, 3.63) is 133 Å². The maximum Gasteiger partial charge on any atom is 0.270 e. The van der Waals surface area contributed by atoms with Crippen molar-refractivity contribution < 1.29 is 9.53 Å². The van der Waals surface area contributed by atoms with E-state index in [1.165, 1.54) is 5.56 Å². The zero-order valence-electron chi connectivity index (χ0n) is 20.7. The Labute approximate surface area is 217 Å². The summed E-state index contributed by atoms with van der Waals surface area (Å²) in [7, 11) is 0. The molecule has 4 aromatic carbocycles. The Balaban J connectivity index is 1.27. The molecule has 5 heteroatoms. The number of amides is 1. The van der Waals surface area contributed by atoms with Crippen molar-refractivity contribution in [2.24, 2.45) is 0 Å². The Kier molecular flexibility index (Phi) is 7.42. The number of para-hydroxylation sites is 1. The lowest BCUT2D eigenvalue weighted by Crippen LogP contribution is -2.34. The maximum atomic E-state index is 13.1. The number of carbonyl (C=O) groups excluding carboxylic acids is 1. The second kappa shape index (κ2) is 11.4. The van der Waals surface area contributed by atoms with Crippen molar-refractivity contribution in [2.75, 3.05) is 0 Å². The molecule has 0 saturated heterocycles. The smallest absolute Gasteiger partial charge is 0.270 e. The first-order chi connectivity index (χ1) is 18.2. The standard InChI is InChI=1S/C32H29N3O2/c1-24(15-16-25-9-4-2-5-10-25)34-32(36)31-22-33-23-35(31)28-12-8-11-27(21-28)26-17-19-30(20-18-26)37-29-13-6-3-7-14-29/h2-14,17-24H,15-16H2,1H3,(H,34,36)/t24-/m1/s1. The van der Waals surface area contributed by atoms with Gasteiger partial charge in [0.2, 0.25) is 0 Å². The molecule has 0 saturated carbocycles. The molecular weight excluding hydrogens is 458 g/mol. The van der Waals surface area contributed by atoms with Gasteiger partial charge < -0.3 is 10.1 Å². The number of rotatable bonds is 9. The van der Waals surface area contributed by atoms with Crippen LogP contribution in [0.2, 0.25) is 0 Å². The van der Waals surface area contributed by atoms with E-state index in [9.17, 15) is 4.79 Å². The molecule has 0 unspecified atom stereocenters. The van der Waals surface area contributed by atoms with Crippen LogP contribution in [0.4, 0.5) is 0 Å². The minimum absolute atomic E-state index is 0.0407. The number of ether oxygens (including phenoxy) is 1. The fourth-order valence-electron chi connectivity index (χ4n) is 4.24. The topological polar surface area (TPSA) is 56.2 Å². The van der Waals surface area contributed by atoms with Crippen LogP contribution >= 0.6 is 0 Å². The summed E-state index contributed by atoms with van der Waals surface area (Å²) in [4.78, 5) is 17.3. The van der Waals surface area contributed by atoms with E-state index in [0.29, 0.717) is 5.69 Å². The highest BCUT2D eigenvalue weighted by Crippen LogP contribution is 2.27. The van der Waals surface area contributed by atoms with Crippen molar-refractivity contribution >= 4 is 5.91 Å². The second-order valence-electron chi connectivity index (χ2n) is 9.04. The minimum atomic E-state index is -0.133. The third-order valence-corrected chi connectivity index (χ3v) is 6.25. The molecule has 0 aliphatic heterocycles. The van der Waals surface area contributed by atoms with Crippen LogP contribution in [-0.4, -0.2) is 21.5 Å². The van der Waals surface area contributed by atoms with Crippen molar-refractivity contribution in [3.63, 3.8) is 0 Å². The van der Waals surface area contributed by atoms with Gasteiger partial charge in [-0.3, -0.25) is 9.36 Å². The second-order valence-corrected chi connectivity index (χ2v) is 9.04. The molecule has 0 spiro atoms. The monoisotopic (exact) mass is 487 g/mol. The van der Waals surface area contributed by atoms with Gasteiger partial charge in [-0.25, -0.2) is 4.98 Å². The Morgan fingerprint density at radius 1 is 0.838 bits per heavy atom. The molecule has 0 aliphatic carbocycles. The predicted octanol–water partition coefficient (Wildman–Crippen LogP) is 7.08. The van der Waals surface area contributed by atoms with Crippen LogP contribution in [0, 0.1) is 0 Å². The molecule has 1 amide bonds. The summed E-state index contributed by atoms with van der Waals surface area (Å²) in [5, 5.41) is 3.12. The highest BCUT2D eigenvalue weighted by molar-refractivity contribution is 5.93. The lowest BCUT2D eigenvalue weighted by Gasteiger charge is -2.15. The first-order valence-electron chi connectivity index (χ1n) is 12.5. The predicted molar refractivity (Wildman–Crippen MR) is 147 cm³/mol. The van der Waals surface area contributed by atoms with E-state index in [4.69, 9.17) is 4.74 Å². The molecule has 5 aromatic rings. The van der Waals surface area contributed by atoms with Gasteiger partial charge in [0, 0.05) is 11.7 Å². The van der Waals surface area contributed by atoms with Crippen molar-refractivity contribution in [2.45, 2.75) is 25.8 Å². The van der Waals surface area contributed by atoms with E-state index < -0.39 is 0 Å². The first kappa shape index (κ1) is 24.1. The number of nitrogens with one attached hydrogen (secondary N) is 1. The van der Waals surface area contributed by atoms with Crippen LogP contribution in [-0.2, 0) is 6.42 Å². The largest absolute Gasteiger partial charge is 0.457 e. The van der Waals surface area contributed by atoms with Crippen LogP contribution in [0.5, 0.6) is 11.5 Å². The molecule has 1 aromatic heterocycles. The average Bonchev–Trinajstić information content (AvgIpc) is 3.44. The van der Waals surface area contributed by atoms with E-state index in [1.807, 2.05) is 96.4 Å². The Bertz CT molecular complexity index is 1440. The molecule has 0 aliphatic rings. The normalized spacial score (nSPS) is 11.6. The van der Waals surface area contributed by atoms with Crippen molar-refractivity contribution in [1.82, 2.24) is 14.9 Å². The molecule has 0 radical (unpaired) electrons. The van der Waals surface area contributed by atoms with Gasteiger partial charge in [0.1, 0.15) is 17.2 Å². The summed E-state index contributed by atoms with van der Waals surface area (Å²) in [6, 6.07) is 36.2. The maximum absolute atomic E-state index is 13.1. The summed E-state index contributed by atoms with van der Waals surface area (Å²) >= 11 is 0. The van der Waals surface area contributed by atoms with Gasteiger partial charge in [-0.1, -0.05) is 72.8 Å². The van der Waals surface area contributed by atoms with Gasteiger partial charge in [-0.2, -0.15) is 0 Å². The molecule has 0 fully saturated rings. The SMILES string of the molecule is C[C@H](CCc1ccccc1)NC(=O)c1cncn1-c1cccc(-c2ccc(Oc3ccccc3)cc2)c1. The van der Waals surface area contributed by atoms with Gasteiger partial charge in [-0.05, 0) is 72.9 Å². The minimum Gasteiger partial charge on any atom is -0.457 e. The molecule has 37 heavy (non-hydrogen) atoms. The zero-order valence-corrected chi connectivity index (χ0v) is 20.7. The van der Waals surface area contributed by atoms with Gasteiger partial charge in [-0.15, -0.1) is 0 Å². The van der Waals surface area contributed by atoms with Crippen LogP contribution in [0.25, 0.3) is 16.8 Å². The quantitative estimate of drug-likeness (QED) is 0.242. The molecular formula is C32H29N3O2. The fourth-order valence-corrected chi connectivity index (χ4v) is 4.24. The van der Waals surface area contributed by atoms with Gasteiger partial charge in [0.05, 0.1) is 12.5 Å². The van der Waals surface area contributed by atoms with Crippen molar-refractivity contribution in [1.29, 1.82) is 0 Å². The highest BCUT2D eigenvalue weighted by atomic mass is 16.5. The summed E-state index contributed by atoms with van der Waals surface area (Å²) in [5.41, 5.74) is 4.75. The number of aryl methyl sites for hydroxylation is 1. The molecule has 184 valence electrons. The van der Waals surface area contributed by atoms with Crippen molar-refractivity contribution in [3.8, 4) is 28.3 Å². The summed E-state index contributed by atoms with van der Waals surface area (Å²) in [6.07, 6.45) is 5.07. The van der Waals surface area contributed by atoms with Crippen LogP contribution in [0.3, 0.4) is 0 Å². The Morgan fingerprint density at radius 2 is 1.54 bits per heavy atom. The van der Waals surface area contributed by atoms with Crippen LogP contribution < -0.4 is 10.1 Å². The number of hydrogen-bond acceptors (Lipinski definition) is 3. The molecule has 1 atom stereocenters.